The van der Waals surface area contributed by atoms with Gasteiger partial charge in [-0.2, -0.15) is 0 Å². The molecule has 0 aromatic rings. The highest BCUT2D eigenvalue weighted by atomic mass is 16.5. The maximum atomic E-state index is 11.0. The number of carbonyl (C=O) groups excluding carboxylic acids is 2. The third-order valence-electron chi connectivity index (χ3n) is 1.47. The lowest BCUT2D eigenvalue weighted by atomic mass is 10.3. The van der Waals surface area contributed by atoms with Crippen molar-refractivity contribution in [3.05, 3.63) is 0 Å². The second-order valence-corrected chi connectivity index (χ2v) is 2.85. The zero-order valence-electron chi connectivity index (χ0n) is 8.50. The van der Waals surface area contributed by atoms with Crippen LogP contribution < -0.4 is 16.4 Å². The number of nitrogens with one attached hydrogen (secondary N) is 2. The van der Waals surface area contributed by atoms with Gasteiger partial charge in [-0.3, -0.25) is 9.59 Å². The number of rotatable bonds is 6. The van der Waals surface area contributed by atoms with Gasteiger partial charge in [-0.25, -0.2) is 0 Å². The molecule has 0 aliphatic heterocycles. The SMILES string of the molecule is COCCNC(=O)CNC(=O)C(C)N. The van der Waals surface area contributed by atoms with Crippen molar-refractivity contribution in [1.82, 2.24) is 10.6 Å². The summed E-state index contributed by atoms with van der Waals surface area (Å²) in [6.45, 7) is 2.39. The molecule has 1 atom stereocenters. The summed E-state index contributed by atoms with van der Waals surface area (Å²) in [7, 11) is 1.55. The van der Waals surface area contributed by atoms with E-state index < -0.39 is 6.04 Å². The first-order chi connectivity index (χ1) is 6.57. The molecule has 0 saturated heterocycles. The van der Waals surface area contributed by atoms with E-state index in [2.05, 4.69) is 10.6 Å². The molecule has 82 valence electrons. The minimum atomic E-state index is -0.596. The number of ether oxygens (including phenoxy) is 1. The van der Waals surface area contributed by atoms with Gasteiger partial charge >= 0.3 is 0 Å². The molecule has 6 nitrogen and oxygen atoms in total. The highest BCUT2D eigenvalue weighted by molar-refractivity contribution is 5.86. The van der Waals surface area contributed by atoms with Crippen LogP contribution in [0.15, 0.2) is 0 Å². The molecule has 0 heterocycles. The molecule has 2 amide bonds. The fraction of sp³-hybridized carbons (Fsp3) is 0.750. The van der Waals surface area contributed by atoms with Crippen molar-refractivity contribution in [1.29, 1.82) is 0 Å². The van der Waals surface area contributed by atoms with Crippen LogP contribution in [0, 0.1) is 0 Å². The Balaban J connectivity index is 3.49. The quantitative estimate of drug-likeness (QED) is 0.444. The second-order valence-electron chi connectivity index (χ2n) is 2.85. The van der Waals surface area contributed by atoms with Crippen LogP contribution in [-0.2, 0) is 14.3 Å². The molecule has 0 bridgehead atoms. The van der Waals surface area contributed by atoms with Crippen LogP contribution in [0.3, 0.4) is 0 Å². The summed E-state index contributed by atoms with van der Waals surface area (Å²) in [4.78, 5) is 22.0. The van der Waals surface area contributed by atoms with Crippen molar-refractivity contribution in [2.75, 3.05) is 26.8 Å². The van der Waals surface area contributed by atoms with Gasteiger partial charge in [0.05, 0.1) is 19.2 Å². The van der Waals surface area contributed by atoms with E-state index >= 15 is 0 Å². The summed E-state index contributed by atoms with van der Waals surface area (Å²) in [5.74, 6) is -0.594. The van der Waals surface area contributed by atoms with Crippen molar-refractivity contribution in [2.24, 2.45) is 5.73 Å². The van der Waals surface area contributed by atoms with Crippen molar-refractivity contribution >= 4 is 11.8 Å². The van der Waals surface area contributed by atoms with Crippen LogP contribution in [0.4, 0.5) is 0 Å². The average molecular weight is 203 g/mol. The normalized spacial score (nSPS) is 11.9. The third-order valence-corrected chi connectivity index (χ3v) is 1.47. The Morgan fingerprint density at radius 3 is 2.57 bits per heavy atom. The lowest BCUT2D eigenvalue weighted by Crippen LogP contribution is -2.44. The molecule has 6 heteroatoms. The van der Waals surface area contributed by atoms with Gasteiger partial charge in [0, 0.05) is 13.7 Å². The van der Waals surface area contributed by atoms with Crippen molar-refractivity contribution in [3.63, 3.8) is 0 Å². The number of carbonyl (C=O) groups is 2. The van der Waals surface area contributed by atoms with E-state index in [0.29, 0.717) is 13.2 Å². The monoisotopic (exact) mass is 203 g/mol. The molecule has 0 aliphatic carbocycles. The smallest absolute Gasteiger partial charge is 0.239 e. The van der Waals surface area contributed by atoms with Crippen LogP contribution in [0.1, 0.15) is 6.92 Å². The topological polar surface area (TPSA) is 93.5 Å². The Morgan fingerprint density at radius 2 is 2.07 bits per heavy atom. The standard InChI is InChI=1S/C8H17N3O3/c1-6(9)8(13)11-5-7(12)10-3-4-14-2/h6H,3-5,9H2,1-2H3,(H,10,12)(H,11,13). The van der Waals surface area contributed by atoms with Gasteiger partial charge < -0.3 is 21.1 Å². The summed E-state index contributed by atoms with van der Waals surface area (Å²) in [6, 6.07) is -0.596. The van der Waals surface area contributed by atoms with E-state index in [-0.39, 0.29) is 18.4 Å². The molecule has 4 N–H and O–H groups in total. The summed E-state index contributed by atoms with van der Waals surface area (Å²) < 4.78 is 4.73. The molecular weight excluding hydrogens is 186 g/mol. The van der Waals surface area contributed by atoms with Crippen molar-refractivity contribution < 1.29 is 14.3 Å². The maximum Gasteiger partial charge on any atom is 0.239 e. The van der Waals surface area contributed by atoms with Gasteiger partial charge in [-0.15, -0.1) is 0 Å². The fourth-order valence-electron chi connectivity index (χ4n) is 0.683. The Kier molecular flexibility index (Phi) is 6.69. The van der Waals surface area contributed by atoms with Gasteiger partial charge in [0.1, 0.15) is 0 Å². The molecule has 14 heavy (non-hydrogen) atoms. The van der Waals surface area contributed by atoms with E-state index in [0.717, 1.165) is 0 Å². The van der Waals surface area contributed by atoms with Crippen molar-refractivity contribution in [2.45, 2.75) is 13.0 Å². The molecule has 0 aromatic carbocycles. The number of hydrogen-bond acceptors (Lipinski definition) is 4. The van der Waals surface area contributed by atoms with E-state index in [1.54, 1.807) is 14.0 Å². The molecule has 0 saturated carbocycles. The second kappa shape index (κ2) is 7.28. The van der Waals surface area contributed by atoms with Crippen LogP contribution >= 0.6 is 0 Å². The highest BCUT2D eigenvalue weighted by Crippen LogP contribution is 1.74. The predicted molar refractivity (Wildman–Crippen MR) is 51.5 cm³/mol. The van der Waals surface area contributed by atoms with E-state index in [4.69, 9.17) is 10.5 Å². The van der Waals surface area contributed by atoms with Gasteiger partial charge in [0.2, 0.25) is 11.8 Å². The van der Waals surface area contributed by atoms with Gasteiger partial charge in [0.25, 0.3) is 0 Å². The third kappa shape index (κ3) is 6.38. The van der Waals surface area contributed by atoms with Crippen molar-refractivity contribution in [3.8, 4) is 0 Å². The van der Waals surface area contributed by atoms with Gasteiger partial charge in [-0.05, 0) is 6.92 Å². The summed E-state index contributed by atoms with van der Waals surface area (Å²) >= 11 is 0. The summed E-state index contributed by atoms with van der Waals surface area (Å²) in [5.41, 5.74) is 5.28. The Morgan fingerprint density at radius 1 is 1.43 bits per heavy atom. The zero-order chi connectivity index (χ0) is 11.0. The maximum absolute atomic E-state index is 11.0. The molecule has 0 aliphatic rings. The number of methoxy groups -OCH3 is 1. The minimum Gasteiger partial charge on any atom is -0.383 e. The molecule has 0 radical (unpaired) electrons. The Bertz CT molecular complexity index is 194. The average Bonchev–Trinajstić information content (AvgIpc) is 2.14. The lowest BCUT2D eigenvalue weighted by Gasteiger charge is -2.07. The highest BCUT2D eigenvalue weighted by Gasteiger charge is 2.08. The molecule has 0 fully saturated rings. The van der Waals surface area contributed by atoms with Gasteiger partial charge in [0.15, 0.2) is 0 Å². The molecule has 0 aromatic heterocycles. The lowest BCUT2D eigenvalue weighted by molar-refractivity contribution is -0.126. The summed E-state index contributed by atoms with van der Waals surface area (Å²) in [6.07, 6.45) is 0. The van der Waals surface area contributed by atoms with Crippen LogP contribution in [-0.4, -0.2) is 44.7 Å². The largest absolute Gasteiger partial charge is 0.383 e. The number of hydrogen-bond donors (Lipinski definition) is 3. The van der Waals surface area contributed by atoms with Crippen LogP contribution in [0.2, 0.25) is 0 Å². The van der Waals surface area contributed by atoms with Crippen LogP contribution in [0.25, 0.3) is 0 Å². The fourth-order valence-corrected chi connectivity index (χ4v) is 0.683. The number of amides is 2. The molecule has 0 spiro atoms. The van der Waals surface area contributed by atoms with Gasteiger partial charge in [-0.1, -0.05) is 0 Å². The first-order valence-electron chi connectivity index (χ1n) is 4.37. The first-order valence-corrected chi connectivity index (χ1v) is 4.37. The number of nitrogens with two attached hydrogens (primary N) is 1. The first kappa shape index (κ1) is 12.9. The van der Waals surface area contributed by atoms with E-state index in [1.807, 2.05) is 0 Å². The van der Waals surface area contributed by atoms with Crippen LogP contribution in [0.5, 0.6) is 0 Å². The molecular formula is C8H17N3O3. The molecule has 1 unspecified atom stereocenters. The Hall–Kier alpha value is -1.14. The Labute approximate surface area is 83.2 Å². The minimum absolute atomic E-state index is 0.0515. The zero-order valence-corrected chi connectivity index (χ0v) is 8.50. The van der Waals surface area contributed by atoms with E-state index in [1.165, 1.54) is 0 Å². The predicted octanol–water partition coefficient (Wildman–Crippen LogP) is -1.79. The van der Waals surface area contributed by atoms with E-state index in [9.17, 15) is 9.59 Å². The summed E-state index contributed by atoms with van der Waals surface area (Å²) in [5, 5.41) is 4.95. The molecule has 0 rings (SSSR count).